The number of para-hydroxylation sites is 1. The predicted molar refractivity (Wildman–Crippen MR) is 133 cm³/mol. The molecule has 0 aliphatic carbocycles. The third-order valence-corrected chi connectivity index (χ3v) is 4.84. The molecule has 0 amide bonds. The quantitative estimate of drug-likeness (QED) is 0.228. The van der Waals surface area contributed by atoms with Crippen molar-refractivity contribution in [3.05, 3.63) is 65.7 Å². The highest BCUT2D eigenvalue weighted by Gasteiger charge is 2.10. The van der Waals surface area contributed by atoms with Crippen molar-refractivity contribution in [1.29, 1.82) is 0 Å². The molecule has 2 aromatic rings. The molecule has 1 aliphatic rings. The first kappa shape index (κ1) is 24.4. The molecule has 3 rings (SSSR count). The monoisotopic (exact) mass is 524 g/mol. The van der Waals surface area contributed by atoms with Gasteiger partial charge in [0.25, 0.3) is 0 Å². The van der Waals surface area contributed by atoms with Crippen molar-refractivity contribution in [2.24, 2.45) is 4.99 Å². The van der Waals surface area contributed by atoms with Crippen LogP contribution in [0.5, 0.6) is 5.75 Å². The van der Waals surface area contributed by atoms with Gasteiger partial charge in [0, 0.05) is 39.8 Å². The van der Waals surface area contributed by atoms with Gasteiger partial charge in [-0.2, -0.15) is 0 Å². The van der Waals surface area contributed by atoms with Crippen LogP contribution in [0.1, 0.15) is 17.5 Å². The second-order valence-electron chi connectivity index (χ2n) is 7.07. The second kappa shape index (κ2) is 14.2. The number of halogens is 1. The van der Waals surface area contributed by atoms with Gasteiger partial charge in [-0.25, -0.2) is 0 Å². The lowest BCUT2D eigenvalue weighted by molar-refractivity contribution is 0.0342. The van der Waals surface area contributed by atoms with Gasteiger partial charge in [-0.3, -0.25) is 9.89 Å². The minimum atomic E-state index is 0. The Bertz CT molecular complexity index is 735. The fraction of sp³-hybridized carbons (Fsp3) is 0.435. The van der Waals surface area contributed by atoms with Crippen LogP contribution in [0.15, 0.2) is 59.6 Å². The van der Waals surface area contributed by atoms with Gasteiger partial charge >= 0.3 is 0 Å². The number of ether oxygens (including phenoxy) is 2. The number of benzene rings is 2. The number of nitrogens with zero attached hydrogens (tertiary/aromatic N) is 2. The van der Waals surface area contributed by atoms with E-state index in [9.17, 15) is 0 Å². The summed E-state index contributed by atoms with van der Waals surface area (Å²) >= 11 is 0. The molecule has 2 N–H and O–H groups in total. The molecule has 7 heteroatoms. The number of hydrogen-bond donors (Lipinski definition) is 2. The number of morpholine rings is 1. The summed E-state index contributed by atoms with van der Waals surface area (Å²) in [5.41, 5.74) is 2.59. The van der Waals surface area contributed by atoms with E-state index in [1.54, 1.807) is 7.05 Å². The Morgan fingerprint density at radius 1 is 1.00 bits per heavy atom. The van der Waals surface area contributed by atoms with Gasteiger partial charge in [0.1, 0.15) is 5.75 Å². The fourth-order valence-electron chi connectivity index (χ4n) is 3.17. The molecule has 0 atom stereocenters. The molecule has 1 aliphatic heterocycles. The number of rotatable bonds is 9. The average molecular weight is 524 g/mol. The molecule has 164 valence electrons. The first-order valence-electron chi connectivity index (χ1n) is 10.3. The van der Waals surface area contributed by atoms with Crippen molar-refractivity contribution in [2.45, 2.75) is 19.5 Å². The summed E-state index contributed by atoms with van der Waals surface area (Å²) in [6.07, 6.45) is 0.909. The van der Waals surface area contributed by atoms with E-state index >= 15 is 0 Å². The highest BCUT2D eigenvalue weighted by atomic mass is 127. The standard InChI is InChI=1S/C23H32N4O2.HI/c1-24-23(25-12-5-15-29-22-6-3-2-4-7-22)26-18-20-8-10-21(11-9-20)19-27-13-16-28-17-14-27;/h2-4,6-11H,5,12-19H2,1H3,(H2,24,25,26);1H. The van der Waals surface area contributed by atoms with Crippen LogP contribution < -0.4 is 15.4 Å². The summed E-state index contributed by atoms with van der Waals surface area (Å²) in [6.45, 7) is 6.94. The Labute approximate surface area is 197 Å². The van der Waals surface area contributed by atoms with Gasteiger partial charge in [-0.05, 0) is 29.7 Å². The van der Waals surface area contributed by atoms with E-state index in [1.165, 1.54) is 11.1 Å². The first-order valence-corrected chi connectivity index (χ1v) is 10.3. The normalized spacial score (nSPS) is 14.6. The lowest BCUT2D eigenvalue weighted by Crippen LogP contribution is -2.37. The Hall–Kier alpha value is -1.84. The summed E-state index contributed by atoms with van der Waals surface area (Å²) in [4.78, 5) is 6.72. The third kappa shape index (κ3) is 8.89. The zero-order valence-corrected chi connectivity index (χ0v) is 20.0. The number of hydrogen-bond acceptors (Lipinski definition) is 4. The lowest BCUT2D eigenvalue weighted by Gasteiger charge is -2.26. The highest BCUT2D eigenvalue weighted by molar-refractivity contribution is 14.0. The molecule has 1 fully saturated rings. The molecule has 30 heavy (non-hydrogen) atoms. The maximum Gasteiger partial charge on any atom is 0.191 e. The van der Waals surface area contributed by atoms with Gasteiger partial charge < -0.3 is 20.1 Å². The SMILES string of the molecule is CN=C(NCCCOc1ccccc1)NCc1ccc(CN2CCOCC2)cc1.I. The Morgan fingerprint density at radius 3 is 2.40 bits per heavy atom. The van der Waals surface area contributed by atoms with Crippen molar-refractivity contribution >= 4 is 29.9 Å². The first-order chi connectivity index (χ1) is 14.3. The maximum absolute atomic E-state index is 5.71. The van der Waals surface area contributed by atoms with Crippen molar-refractivity contribution in [1.82, 2.24) is 15.5 Å². The molecule has 1 heterocycles. The van der Waals surface area contributed by atoms with Crippen molar-refractivity contribution < 1.29 is 9.47 Å². The van der Waals surface area contributed by atoms with Crippen LogP contribution in [-0.4, -0.2) is 57.4 Å². The summed E-state index contributed by atoms with van der Waals surface area (Å²) in [6, 6.07) is 18.7. The molecule has 1 saturated heterocycles. The summed E-state index contributed by atoms with van der Waals surface area (Å²) in [5, 5.41) is 6.70. The zero-order valence-electron chi connectivity index (χ0n) is 17.7. The molecular weight excluding hydrogens is 491 g/mol. The second-order valence-corrected chi connectivity index (χ2v) is 7.07. The van der Waals surface area contributed by atoms with E-state index in [-0.39, 0.29) is 24.0 Å². The molecule has 2 aromatic carbocycles. The van der Waals surface area contributed by atoms with E-state index in [0.717, 1.165) is 64.1 Å². The van der Waals surface area contributed by atoms with Crippen LogP contribution in [0.3, 0.4) is 0 Å². The van der Waals surface area contributed by atoms with Crippen molar-refractivity contribution in [3.8, 4) is 5.75 Å². The smallest absolute Gasteiger partial charge is 0.191 e. The van der Waals surface area contributed by atoms with Crippen LogP contribution in [0.25, 0.3) is 0 Å². The van der Waals surface area contributed by atoms with E-state index in [1.807, 2.05) is 30.3 Å². The van der Waals surface area contributed by atoms with E-state index in [4.69, 9.17) is 9.47 Å². The van der Waals surface area contributed by atoms with Gasteiger partial charge in [-0.1, -0.05) is 42.5 Å². The third-order valence-electron chi connectivity index (χ3n) is 4.84. The van der Waals surface area contributed by atoms with Crippen LogP contribution in [-0.2, 0) is 17.8 Å². The number of guanidine groups is 1. The van der Waals surface area contributed by atoms with Crippen LogP contribution >= 0.6 is 24.0 Å². The topological polar surface area (TPSA) is 58.1 Å². The van der Waals surface area contributed by atoms with Gasteiger partial charge in [-0.15, -0.1) is 24.0 Å². The zero-order chi connectivity index (χ0) is 20.2. The summed E-state index contributed by atoms with van der Waals surface area (Å²) < 4.78 is 11.1. The molecule has 0 saturated carbocycles. The predicted octanol–water partition coefficient (Wildman–Crippen LogP) is 3.27. The minimum absolute atomic E-state index is 0. The van der Waals surface area contributed by atoms with Crippen LogP contribution in [0.2, 0.25) is 0 Å². The molecule has 6 nitrogen and oxygen atoms in total. The van der Waals surface area contributed by atoms with E-state index < -0.39 is 0 Å². The van der Waals surface area contributed by atoms with Crippen LogP contribution in [0, 0.1) is 0 Å². The van der Waals surface area contributed by atoms with E-state index in [2.05, 4.69) is 44.8 Å². The average Bonchev–Trinajstić information content (AvgIpc) is 2.78. The van der Waals surface area contributed by atoms with E-state index in [0.29, 0.717) is 6.61 Å². The maximum atomic E-state index is 5.71. The molecule has 0 unspecified atom stereocenters. The molecule has 0 bridgehead atoms. The number of nitrogens with one attached hydrogen (secondary N) is 2. The van der Waals surface area contributed by atoms with Crippen molar-refractivity contribution in [3.63, 3.8) is 0 Å². The van der Waals surface area contributed by atoms with Crippen molar-refractivity contribution in [2.75, 3.05) is 46.5 Å². The largest absolute Gasteiger partial charge is 0.494 e. The number of aliphatic imine (C=N–C) groups is 1. The molecule has 0 radical (unpaired) electrons. The van der Waals surface area contributed by atoms with Crippen LogP contribution in [0.4, 0.5) is 0 Å². The van der Waals surface area contributed by atoms with Gasteiger partial charge in [0.2, 0.25) is 0 Å². The Kier molecular flexibility index (Phi) is 11.6. The minimum Gasteiger partial charge on any atom is -0.494 e. The molecular formula is C23H33IN4O2. The Balaban J connectivity index is 0.00000320. The fourth-order valence-corrected chi connectivity index (χ4v) is 3.17. The molecule has 0 aromatic heterocycles. The van der Waals surface area contributed by atoms with Gasteiger partial charge in [0.05, 0.1) is 19.8 Å². The Morgan fingerprint density at radius 2 is 1.70 bits per heavy atom. The molecule has 0 spiro atoms. The summed E-state index contributed by atoms with van der Waals surface area (Å²) in [7, 11) is 1.79. The lowest BCUT2D eigenvalue weighted by atomic mass is 10.1. The van der Waals surface area contributed by atoms with Gasteiger partial charge in [0.15, 0.2) is 5.96 Å². The highest BCUT2D eigenvalue weighted by Crippen LogP contribution is 2.09. The summed E-state index contributed by atoms with van der Waals surface area (Å²) in [5.74, 6) is 1.72.